The van der Waals surface area contributed by atoms with Crippen molar-refractivity contribution in [3.8, 4) is 0 Å². The molecule has 23 heavy (non-hydrogen) atoms. The Hall–Kier alpha value is -2.05. The topological polar surface area (TPSA) is 57.6 Å². The number of aliphatic carboxylic acids is 1. The molecular formula is C16H18F3NO3. The third-order valence-corrected chi connectivity index (χ3v) is 3.81. The molecule has 0 bridgehead atoms. The Kier molecular flexibility index (Phi) is 4.97. The monoisotopic (exact) mass is 329 g/mol. The van der Waals surface area contributed by atoms with E-state index in [0.717, 1.165) is 25.0 Å². The van der Waals surface area contributed by atoms with Crippen LogP contribution < -0.4 is 0 Å². The lowest BCUT2D eigenvalue weighted by molar-refractivity contribution is -0.143. The fourth-order valence-corrected chi connectivity index (χ4v) is 2.35. The number of carbonyl (C=O) groups is 2. The lowest BCUT2D eigenvalue weighted by Crippen LogP contribution is -2.39. The first-order valence-corrected chi connectivity index (χ1v) is 7.37. The zero-order valence-electron chi connectivity index (χ0n) is 12.6. The molecule has 2 rings (SSSR count). The van der Waals surface area contributed by atoms with Crippen molar-refractivity contribution in [1.29, 1.82) is 0 Å². The Morgan fingerprint density at radius 3 is 2.52 bits per heavy atom. The number of amides is 1. The van der Waals surface area contributed by atoms with Gasteiger partial charge in [0.1, 0.15) is 0 Å². The van der Waals surface area contributed by atoms with Crippen molar-refractivity contribution >= 4 is 11.9 Å². The van der Waals surface area contributed by atoms with Gasteiger partial charge in [0.15, 0.2) is 0 Å². The predicted molar refractivity (Wildman–Crippen MR) is 76.7 cm³/mol. The molecule has 1 saturated carbocycles. The molecule has 1 atom stereocenters. The summed E-state index contributed by atoms with van der Waals surface area (Å²) in [4.78, 5) is 24.8. The van der Waals surface area contributed by atoms with E-state index in [1.54, 1.807) is 0 Å². The number of carboxylic acids is 1. The van der Waals surface area contributed by atoms with Crippen LogP contribution in [-0.2, 0) is 22.2 Å². The van der Waals surface area contributed by atoms with Crippen molar-refractivity contribution < 1.29 is 27.9 Å². The molecule has 1 aromatic rings. The number of carboxylic acid groups (broad SMARTS) is 1. The first-order valence-electron chi connectivity index (χ1n) is 7.37. The maximum absolute atomic E-state index is 12.7. The van der Waals surface area contributed by atoms with Crippen molar-refractivity contribution in [2.45, 2.75) is 38.4 Å². The fourth-order valence-electron chi connectivity index (χ4n) is 2.35. The Morgan fingerprint density at radius 1 is 1.35 bits per heavy atom. The van der Waals surface area contributed by atoms with Gasteiger partial charge in [-0.2, -0.15) is 13.2 Å². The largest absolute Gasteiger partial charge is 0.481 e. The van der Waals surface area contributed by atoms with E-state index < -0.39 is 23.6 Å². The van der Waals surface area contributed by atoms with Crippen LogP contribution in [0, 0.1) is 5.92 Å². The standard InChI is InChI=1S/C16H18F3NO3/c1-10(15(22)23)9-20(13-5-6-13)14(21)8-11-3-2-4-12(7-11)16(17,18)19/h2-4,7,10,13H,5-6,8-9H2,1H3,(H,22,23). The number of carbonyl (C=O) groups excluding carboxylic acids is 1. The van der Waals surface area contributed by atoms with Crippen LogP contribution in [0.3, 0.4) is 0 Å². The minimum atomic E-state index is -4.45. The Labute approximate surface area is 131 Å². The van der Waals surface area contributed by atoms with Crippen molar-refractivity contribution in [1.82, 2.24) is 4.90 Å². The number of alkyl halides is 3. The molecule has 1 aliphatic rings. The fraction of sp³-hybridized carbons (Fsp3) is 0.500. The second-order valence-electron chi connectivity index (χ2n) is 5.89. The second kappa shape index (κ2) is 6.60. The quantitative estimate of drug-likeness (QED) is 0.873. The highest BCUT2D eigenvalue weighted by molar-refractivity contribution is 5.80. The molecule has 1 amide bonds. The zero-order valence-corrected chi connectivity index (χ0v) is 12.6. The third-order valence-electron chi connectivity index (χ3n) is 3.81. The van der Waals surface area contributed by atoms with Gasteiger partial charge in [0.05, 0.1) is 17.9 Å². The van der Waals surface area contributed by atoms with Gasteiger partial charge in [-0.15, -0.1) is 0 Å². The van der Waals surface area contributed by atoms with Gasteiger partial charge in [0.2, 0.25) is 5.91 Å². The van der Waals surface area contributed by atoms with E-state index in [9.17, 15) is 22.8 Å². The number of hydrogen-bond donors (Lipinski definition) is 1. The highest BCUT2D eigenvalue weighted by Crippen LogP contribution is 2.31. The van der Waals surface area contributed by atoms with Crippen molar-refractivity contribution in [2.75, 3.05) is 6.54 Å². The Bertz CT molecular complexity index is 596. The maximum atomic E-state index is 12.7. The van der Waals surface area contributed by atoms with Gasteiger partial charge in [-0.1, -0.05) is 25.1 Å². The van der Waals surface area contributed by atoms with Crippen LogP contribution in [0.1, 0.15) is 30.9 Å². The molecule has 1 aliphatic carbocycles. The van der Waals surface area contributed by atoms with E-state index in [4.69, 9.17) is 5.11 Å². The molecule has 0 radical (unpaired) electrons. The minimum Gasteiger partial charge on any atom is -0.481 e. The van der Waals surface area contributed by atoms with E-state index in [2.05, 4.69) is 0 Å². The number of benzene rings is 1. The molecule has 0 aliphatic heterocycles. The van der Waals surface area contributed by atoms with Crippen molar-refractivity contribution in [3.05, 3.63) is 35.4 Å². The number of halogens is 3. The molecule has 0 spiro atoms. The summed E-state index contributed by atoms with van der Waals surface area (Å²) in [6, 6.07) is 4.67. The molecule has 0 heterocycles. The lowest BCUT2D eigenvalue weighted by Gasteiger charge is -2.24. The summed E-state index contributed by atoms with van der Waals surface area (Å²) >= 11 is 0. The van der Waals surface area contributed by atoms with Gasteiger partial charge in [-0.05, 0) is 24.5 Å². The van der Waals surface area contributed by atoms with Crippen LogP contribution in [0.2, 0.25) is 0 Å². The highest BCUT2D eigenvalue weighted by atomic mass is 19.4. The average molecular weight is 329 g/mol. The summed E-state index contributed by atoms with van der Waals surface area (Å²) in [5.41, 5.74) is -0.516. The molecule has 0 saturated heterocycles. The summed E-state index contributed by atoms with van der Waals surface area (Å²) in [5.74, 6) is -2.04. The molecular weight excluding hydrogens is 311 g/mol. The first-order chi connectivity index (χ1) is 10.7. The minimum absolute atomic E-state index is 0.00935. The lowest BCUT2D eigenvalue weighted by atomic mass is 10.1. The second-order valence-corrected chi connectivity index (χ2v) is 5.89. The third kappa shape index (κ3) is 4.71. The SMILES string of the molecule is CC(CN(C(=O)Cc1cccc(C(F)(F)F)c1)C1CC1)C(=O)O. The maximum Gasteiger partial charge on any atom is 0.416 e. The van der Waals surface area contributed by atoms with Crippen molar-refractivity contribution in [2.24, 2.45) is 5.92 Å². The van der Waals surface area contributed by atoms with Gasteiger partial charge >= 0.3 is 12.1 Å². The van der Waals surface area contributed by atoms with E-state index >= 15 is 0 Å². The van der Waals surface area contributed by atoms with Gasteiger partial charge in [0, 0.05) is 12.6 Å². The van der Waals surface area contributed by atoms with Crippen LogP contribution in [0.5, 0.6) is 0 Å². The predicted octanol–water partition coefficient (Wildman–Crippen LogP) is 2.96. The molecule has 1 N–H and O–H groups in total. The van der Waals surface area contributed by atoms with Gasteiger partial charge in [-0.25, -0.2) is 0 Å². The summed E-state index contributed by atoms with van der Waals surface area (Å²) in [6.45, 7) is 1.59. The number of nitrogens with zero attached hydrogens (tertiary/aromatic N) is 1. The van der Waals surface area contributed by atoms with E-state index in [1.165, 1.54) is 24.0 Å². The van der Waals surface area contributed by atoms with Crippen LogP contribution in [0.25, 0.3) is 0 Å². The van der Waals surface area contributed by atoms with Crippen LogP contribution >= 0.6 is 0 Å². The van der Waals surface area contributed by atoms with Crippen LogP contribution in [0.15, 0.2) is 24.3 Å². The Balaban J connectivity index is 2.08. The molecule has 4 nitrogen and oxygen atoms in total. The van der Waals surface area contributed by atoms with Gasteiger partial charge < -0.3 is 10.0 Å². The van der Waals surface area contributed by atoms with Crippen LogP contribution in [0.4, 0.5) is 13.2 Å². The Morgan fingerprint density at radius 2 is 2.00 bits per heavy atom. The molecule has 1 fully saturated rings. The van der Waals surface area contributed by atoms with Crippen molar-refractivity contribution in [3.63, 3.8) is 0 Å². The molecule has 7 heteroatoms. The number of rotatable bonds is 6. The molecule has 1 unspecified atom stereocenters. The van der Waals surface area contributed by atoms with Crippen LogP contribution in [-0.4, -0.2) is 34.5 Å². The highest BCUT2D eigenvalue weighted by Gasteiger charge is 2.35. The summed E-state index contributed by atoms with van der Waals surface area (Å²) in [7, 11) is 0. The number of hydrogen-bond acceptors (Lipinski definition) is 2. The van der Waals surface area contributed by atoms with E-state index in [0.29, 0.717) is 0 Å². The summed E-state index contributed by atoms with van der Waals surface area (Å²) in [5, 5.41) is 8.97. The van der Waals surface area contributed by atoms with Gasteiger partial charge in [0.25, 0.3) is 0 Å². The van der Waals surface area contributed by atoms with E-state index in [1.807, 2.05) is 0 Å². The molecule has 1 aromatic carbocycles. The smallest absolute Gasteiger partial charge is 0.416 e. The normalized spacial score (nSPS) is 16.0. The van der Waals surface area contributed by atoms with E-state index in [-0.39, 0.29) is 30.5 Å². The van der Waals surface area contributed by atoms with Gasteiger partial charge in [-0.3, -0.25) is 9.59 Å². The molecule has 0 aromatic heterocycles. The summed E-state index contributed by atoms with van der Waals surface area (Å²) < 4.78 is 38.1. The average Bonchev–Trinajstić information content (AvgIpc) is 3.28. The first kappa shape index (κ1) is 17.3. The molecule has 126 valence electrons. The zero-order chi connectivity index (χ0) is 17.2. The summed E-state index contributed by atoms with van der Waals surface area (Å²) in [6.07, 6.45) is -3.00.